The highest BCUT2D eigenvalue weighted by atomic mass is 79.9. The molecule has 2 aromatic rings. The van der Waals surface area contributed by atoms with Gasteiger partial charge in [0.15, 0.2) is 0 Å². The second-order valence-corrected chi connectivity index (χ2v) is 7.80. The Bertz CT molecular complexity index is 1010. The Labute approximate surface area is 170 Å². The van der Waals surface area contributed by atoms with Crippen molar-refractivity contribution in [2.24, 2.45) is 0 Å². The average Bonchev–Trinajstić information content (AvgIpc) is 2.86. The van der Waals surface area contributed by atoms with E-state index in [4.69, 9.17) is 11.6 Å². The van der Waals surface area contributed by atoms with Gasteiger partial charge in [-0.05, 0) is 51.5 Å². The highest BCUT2D eigenvalue weighted by molar-refractivity contribution is 9.10. The van der Waals surface area contributed by atoms with Gasteiger partial charge in [-0.25, -0.2) is 0 Å². The van der Waals surface area contributed by atoms with Crippen LogP contribution in [-0.4, -0.2) is 26.1 Å². The van der Waals surface area contributed by atoms with E-state index >= 15 is 0 Å². The number of benzene rings is 2. The van der Waals surface area contributed by atoms with Gasteiger partial charge in [-0.1, -0.05) is 23.7 Å². The van der Waals surface area contributed by atoms with Crippen molar-refractivity contribution in [3.05, 3.63) is 72.0 Å². The molecule has 1 aliphatic rings. The molecule has 2 aromatic carbocycles. The lowest BCUT2D eigenvalue weighted by molar-refractivity contribution is -0.385. The molecule has 0 saturated carbocycles. The summed E-state index contributed by atoms with van der Waals surface area (Å²) in [5.74, 6) is -0.811. The number of aromatic hydroxyl groups is 1. The predicted molar refractivity (Wildman–Crippen MR) is 105 cm³/mol. The Hall–Kier alpha value is -2.36. The van der Waals surface area contributed by atoms with Crippen LogP contribution in [0.15, 0.2) is 45.8 Å². The van der Waals surface area contributed by atoms with E-state index in [1.807, 2.05) is 0 Å². The maximum absolute atomic E-state index is 12.6. The smallest absolute Gasteiger partial charge is 0.293 e. The van der Waals surface area contributed by atoms with E-state index < -0.39 is 16.1 Å². The average molecular weight is 470 g/mol. The number of thioether (sulfide) groups is 1. The second-order valence-electron chi connectivity index (χ2n) is 5.52. The van der Waals surface area contributed by atoms with E-state index in [2.05, 4.69) is 15.9 Å². The number of hydrogen-bond acceptors (Lipinski definition) is 6. The summed E-state index contributed by atoms with van der Waals surface area (Å²) in [7, 11) is 0. The van der Waals surface area contributed by atoms with Crippen LogP contribution in [0.3, 0.4) is 0 Å². The minimum atomic E-state index is -0.619. The summed E-state index contributed by atoms with van der Waals surface area (Å²) < 4.78 is 0.112. The number of phenols is 1. The van der Waals surface area contributed by atoms with E-state index in [1.54, 1.807) is 24.3 Å². The van der Waals surface area contributed by atoms with Crippen LogP contribution >= 0.6 is 39.3 Å². The first-order valence-corrected chi connectivity index (χ1v) is 9.41. The first kappa shape index (κ1) is 19.4. The Morgan fingerprint density at radius 1 is 1.30 bits per heavy atom. The van der Waals surface area contributed by atoms with Crippen molar-refractivity contribution in [2.75, 3.05) is 0 Å². The van der Waals surface area contributed by atoms with Gasteiger partial charge in [0.2, 0.25) is 0 Å². The van der Waals surface area contributed by atoms with Crippen LogP contribution in [0.1, 0.15) is 11.1 Å². The maximum Gasteiger partial charge on any atom is 0.293 e. The normalized spacial score (nSPS) is 15.6. The SMILES string of the molecule is O=C1S/C(=C\c2cc([N+](=O)[O-])cc(Br)c2O)C(=O)N1Cc1cccc(Cl)c1. The van der Waals surface area contributed by atoms with Gasteiger partial charge in [-0.2, -0.15) is 0 Å². The Balaban J connectivity index is 1.92. The molecule has 138 valence electrons. The molecule has 1 N–H and O–H groups in total. The van der Waals surface area contributed by atoms with Crippen molar-refractivity contribution in [3.63, 3.8) is 0 Å². The molecule has 1 fully saturated rings. The highest BCUT2D eigenvalue weighted by Crippen LogP contribution is 2.38. The number of non-ortho nitro benzene ring substituents is 1. The number of rotatable bonds is 4. The standard InChI is InChI=1S/C17H10BrClN2O5S/c18-13-7-12(21(25)26)5-10(15(13)22)6-14-16(23)20(17(24)27-14)8-9-2-1-3-11(19)4-9/h1-7,22H,8H2/b14-6-. The Kier molecular flexibility index (Phi) is 5.54. The third-order valence-electron chi connectivity index (χ3n) is 3.68. The van der Waals surface area contributed by atoms with Gasteiger partial charge in [0.25, 0.3) is 16.8 Å². The molecule has 0 aromatic heterocycles. The summed E-state index contributed by atoms with van der Waals surface area (Å²) in [6, 6.07) is 9.07. The number of nitrogens with zero attached hydrogens (tertiary/aromatic N) is 2. The van der Waals surface area contributed by atoms with Crippen LogP contribution < -0.4 is 0 Å². The van der Waals surface area contributed by atoms with Crippen molar-refractivity contribution in [3.8, 4) is 5.75 Å². The zero-order valence-corrected chi connectivity index (χ0v) is 16.5. The molecule has 2 amide bonds. The number of halogens is 2. The van der Waals surface area contributed by atoms with Crippen molar-refractivity contribution < 1.29 is 19.6 Å². The molecule has 0 atom stereocenters. The van der Waals surface area contributed by atoms with E-state index in [9.17, 15) is 24.8 Å². The topological polar surface area (TPSA) is 101 Å². The molecule has 1 heterocycles. The van der Waals surface area contributed by atoms with Crippen LogP contribution in [0, 0.1) is 10.1 Å². The molecular weight excluding hydrogens is 460 g/mol. The number of amides is 2. The zero-order valence-electron chi connectivity index (χ0n) is 13.4. The quantitative estimate of drug-likeness (QED) is 0.386. The molecule has 10 heteroatoms. The van der Waals surface area contributed by atoms with Crippen molar-refractivity contribution in [1.29, 1.82) is 0 Å². The summed E-state index contributed by atoms with van der Waals surface area (Å²) in [5, 5.41) is 21.1. The van der Waals surface area contributed by atoms with E-state index in [1.165, 1.54) is 6.08 Å². The first-order valence-electron chi connectivity index (χ1n) is 7.43. The van der Waals surface area contributed by atoms with Crippen LogP contribution in [0.5, 0.6) is 5.75 Å². The predicted octanol–water partition coefficient (Wildman–Crippen LogP) is 4.95. The number of carbonyl (C=O) groups is 2. The Morgan fingerprint density at radius 2 is 2.04 bits per heavy atom. The maximum atomic E-state index is 12.6. The van der Waals surface area contributed by atoms with Crippen LogP contribution in [0.4, 0.5) is 10.5 Å². The Morgan fingerprint density at radius 3 is 2.70 bits per heavy atom. The summed E-state index contributed by atoms with van der Waals surface area (Å²) in [4.78, 5) is 36.3. The van der Waals surface area contributed by atoms with Gasteiger partial charge in [-0.15, -0.1) is 0 Å². The molecule has 0 spiro atoms. The van der Waals surface area contributed by atoms with Gasteiger partial charge in [0.1, 0.15) is 5.75 Å². The number of imide groups is 1. The van der Waals surface area contributed by atoms with E-state index in [0.29, 0.717) is 22.3 Å². The largest absolute Gasteiger partial charge is 0.506 e. The summed E-state index contributed by atoms with van der Waals surface area (Å²) in [5.41, 5.74) is 0.486. The fraction of sp³-hybridized carbons (Fsp3) is 0.0588. The molecule has 7 nitrogen and oxygen atoms in total. The van der Waals surface area contributed by atoms with Crippen LogP contribution in [0.2, 0.25) is 5.02 Å². The van der Waals surface area contributed by atoms with E-state index in [-0.39, 0.29) is 32.9 Å². The first-order chi connectivity index (χ1) is 12.8. The fourth-order valence-electron chi connectivity index (χ4n) is 2.42. The zero-order chi connectivity index (χ0) is 19.7. The lowest BCUT2D eigenvalue weighted by Gasteiger charge is -2.12. The van der Waals surface area contributed by atoms with Gasteiger partial charge in [0, 0.05) is 22.7 Å². The lowest BCUT2D eigenvalue weighted by Crippen LogP contribution is -2.27. The summed E-state index contributed by atoms with van der Waals surface area (Å²) >= 11 is 9.66. The monoisotopic (exact) mass is 468 g/mol. The number of phenolic OH excluding ortho intramolecular Hbond substituents is 1. The molecule has 0 bridgehead atoms. The third kappa shape index (κ3) is 4.15. The van der Waals surface area contributed by atoms with Crippen molar-refractivity contribution in [1.82, 2.24) is 4.90 Å². The highest BCUT2D eigenvalue weighted by Gasteiger charge is 2.35. The molecule has 0 aliphatic carbocycles. The van der Waals surface area contributed by atoms with Crippen LogP contribution in [0.25, 0.3) is 6.08 Å². The number of nitro benzene ring substituents is 1. The van der Waals surface area contributed by atoms with Gasteiger partial charge < -0.3 is 5.11 Å². The molecular formula is C17H10BrClN2O5S. The van der Waals surface area contributed by atoms with Gasteiger partial charge in [0.05, 0.1) is 20.8 Å². The summed E-state index contributed by atoms with van der Waals surface area (Å²) in [6.45, 7) is 0.0488. The second kappa shape index (κ2) is 7.71. The lowest BCUT2D eigenvalue weighted by atomic mass is 10.1. The van der Waals surface area contributed by atoms with Crippen molar-refractivity contribution in [2.45, 2.75) is 6.54 Å². The fourth-order valence-corrected chi connectivity index (χ4v) is 3.92. The molecule has 1 aliphatic heterocycles. The van der Waals surface area contributed by atoms with Crippen molar-refractivity contribution >= 4 is 62.2 Å². The molecule has 0 unspecified atom stereocenters. The molecule has 1 saturated heterocycles. The third-order valence-corrected chi connectivity index (χ3v) is 5.43. The van der Waals surface area contributed by atoms with Crippen LogP contribution in [-0.2, 0) is 11.3 Å². The molecule has 0 radical (unpaired) electrons. The minimum absolute atomic E-state index is 0.0488. The van der Waals surface area contributed by atoms with Gasteiger partial charge >= 0.3 is 0 Å². The molecule has 3 rings (SSSR count). The number of nitro groups is 1. The van der Waals surface area contributed by atoms with Gasteiger partial charge in [-0.3, -0.25) is 24.6 Å². The summed E-state index contributed by atoms with van der Waals surface area (Å²) in [6.07, 6.45) is 1.26. The number of hydrogen-bond donors (Lipinski definition) is 1. The number of carbonyl (C=O) groups excluding carboxylic acids is 2. The van der Waals surface area contributed by atoms with E-state index in [0.717, 1.165) is 17.0 Å². The minimum Gasteiger partial charge on any atom is -0.506 e. The molecule has 27 heavy (non-hydrogen) atoms.